The van der Waals surface area contributed by atoms with E-state index in [0.29, 0.717) is 12.4 Å². The van der Waals surface area contributed by atoms with E-state index >= 15 is 0 Å². The van der Waals surface area contributed by atoms with Gasteiger partial charge < -0.3 is 20.4 Å². The summed E-state index contributed by atoms with van der Waals surface area (Å²) in [4.78, 5) is 0. The van der Waals surface area contributed by atoms with Crippen LogP contribution in [0.1, 0.15) is 18.4 Å². The van der Waals surface area contributed by atoms with E-state index < -0.39 is 5.82 Å². The molecule has 5 nitrogen and oxygen atoms in total. The zero-order valence-corrected chi connectivity index (χ0v) is 9.80. The molecule has 0 aromatic heterocycles. The molecule has 18 heavy (non-hydrogen) atoms. The van der Waals surface area contributed by atoms with E-state index in [1.807, 2.05) is 0 Å². The lowest BCUT2D eigenvalue weighted by atomic mass is 10.2. The maximum absolute atomic E-state index is 13.1. The molecule has 0 spiro atoms. The highest BCUT2D eigenvalue weighted by molar-refractivity contribution is 5.99. The fraction of sp³-hybridized carbons (Fsp3) is 0.417. The van der Waals surface area contributed by atoms with Gasteiger partial charge in [-0.2, -0.15) is 0 Å². The molecule has 98 valence electrons. The molecule has 3 N–H and O–H groups in total. The van der Waals surface area contributed by atoms with Crippen molar-refractivity contribution in [3.8, 4) is 5.75 Å². The van der Waals surface area contributed by atoms with Gasteiger partial charge in [-0.15, -0.1) is 0 Å². The summed E-state index contributed by atoms with van der Waals surface area (Å²) in [5, 5.41) is 11.5. The summed E-state index contributed by atoms with van der Waals surface area (Å²) in [5.74, 6) is -0.278. The van der Waals surface area contributed by atoms with Crippen LogP contribution >= 0.6 is 0 Å². The number of benzene rings is 1. The molecule has 0 radical (unpaired) electrons. The van der Waals surface area contributed by atoms with Crippen molar-refractivity contribution >= 4 is 5.84 Å². The Morgan fingerprint density at radius 3 is 3.11 bits per heavy atom. The molecule has 1 fully saturated rings. The normalized spacial score (nSPS) is 20.1. The van der Waals surface area contributed by atoms with Crippen LogP contribution in [-0.4, -0.2) is 30.4 Å². The van der Waals surface area contributed by atoms with Crippen LogP contribution < -0.4 is 10.5 Å². The SMILES string of the molecule is N/C(=N/O)c1cc(F)ccc1OCC1CCCO1. The Morgan fingerprint density at radius 2 is 2.44 bits per heavy atom. The van der Waals surface area contributed by atoms with Gasteiger partial charge in [0, 0.05) is 6.61 Å². The van der Waals surface area contributed by atoms with Crippen molar-refractivity contribution in [2.45, 2.75) is 18.9 Å². The minimum Gasteiger partial charge on any atom is -0.490 e. The van der Waals surface area contributed by atoms with Crippen LogP contribution in [0.5, 0.6) is 5.75 Å². The van der Waals surface area contributed by atoms with Gasteiger partial charge in [0.2, 0.25) is 0 Å². The number of amidine groups is 1. The largest absolute Gasteiger partial charge is 0.490 e. The van der Waals surface area contributed by atoms with Gasteiger partial charge in [-0.1, -0.05) is 5.16 Å². The van der Waals surface area contributed by atoms with Crippen LogP contribution in [-0.2, 0) is 4.74 Å². The summed E-state index contributed by atoms with van der Waals surface area (Å²) < 4.78 is 24.1. The Labute approximate surface area is 104 Å². The zero-order valence-electron chi connectivity index (χ0n) is 9.80. The second kappa shape index (κ2) is 5.68. The van der Waals surface area contributed by atoms with Gasteiger partial charge in [0.05, 0.1) is 11.7 Å². The molecular formula is C12H15FN2O3. The van der Waals surface area contributed by atoms with E-state index in [-0.39, 0.29) is 17.5 Å². The monoisotopic (exact) mass is 254 g/mol. The first kappa shape index (κ1) is 12.6. The van der Waals surface area contributed by atoms with Crippen molar-refractivity contribution in [1.82, 2.24) is 0 Å². The molecule has 0 bridgehead atoms. The minimum absolute atomic E-state index is 0.0511. The van der Waals surface area contributed by atoms with Crippen molar-refractivity contribution in [1.29, 1.82) is 0 Å². The average Bonchev–Trinajstić information content (AvgIpc) is 2.89. The fourth-order valence-corrected chi connectivity index (χ4v) is 1.84. The average molecular weight is 254 g/mol. The van der Waals surface area contributed by atoms with Crippen LogP contribution in [0.25, 0.3) is 0 Å². The molecule has 0 saturated carbocycles. The predicted molar refractivity (Wildman–Crippen MR) is 63.4 cm³/mol. The third kappa shape index (κ3) is 2.89. The van der Waals surface area contributed by atoms with Crippen molar-refractivity contribution < 1.29 is 19.1 Å². The van der Waals surface area contributed by atoms with Gasteiger partial charge in [0.25, 0.3) is 0 Å². The Morgan fingerprint density at radius 1 is 1.61 bits per heavy atom. The van der Waals surface area contributed by atoms with Crippen molar-refractivity contribution in [3.05, 3.63) is 29.6 Å². The molecule has 1 aliphatic rings. The second-order valence-electron chi connectivity index (χ2n) is 4.07. The van der Waals surface area contributed by atoms with Crippen molar-refractivity contribution in [2.24, 2.45) is 10.9 Å². The quantitative estimate of drug-likeness (QED) is 0.369. The van der Waals surface area contributed by atoms with E-state index in [4.69, 9.17) is 20.4 Å². The van der Waals surface area contributed by atoms with E-state index in [1.165, 1.54) is 18.2 Å². The highest BCUT2D eigenvalue weighted by Crippen LogP contribution is 2.21. The van der Waals surface area contributed by atoms with E-state index in [1.54, 1.807) is 0 Å². The molecular weight excluding hydrogens is 239 g/mol. The topological polar surface area (TPSA) is 77.1 Å². The zero-order chi connectivity index (χ0) is 13.0. The molecule has 1 unspecified atom stereocenters. The summed E-state index contributed by atoms with van der Waals surface area (Å²) in [7, 11) is 0. The van der Waals surface area contributed by atoms with Gasteiger partial charge in [-0.25, -0.2) is 4.39 Å². The summed E-state index contributed by atoms with van der Waals surface area (Å²) >= 11 is 0. The third-order valence-electron chi connectivity index (χ3n) is 2.77. The lowest BCUT2D eigenvalue weighted by Gasteiger charge is -2.14. The number of oxime groups is 1. The lowest BCUT2D eigenvalue weighted by molar-refractivity contribution is 0.0678. The summed E-state index contributed by atoms with van der Waals surface area (Å²) in [6.07, 6.45) is 2.01. The highest BCUT2D eigenvalue weighted by atomic mass is 19.1. The third-order valence-corrected chi connectivity index (χ3v) is 2.77. The maximum Gasteiger partial charge on any atom is 0.173 e. The van der Waals surface area contributed by atoms with Crippen molar-refractivity contribution in [2.75, 3.05) is 13.2 Å². The van der Waals surface area contributed by atoms with Crippen LogP contribution in [0.4, 0.5) is 4.39 Å². The molecule has 1 atom stereocenters. The van der Waals surface area contributed by atoms with Gasteiger partial charge in [0.1, 0.15) is 18.2 Å². The number of ether oxygens (including phenoxy) is 2. The Kier molecular flexibility index (Phi) is 3.99. The number of hydrogen-bond acceptors (Lipinski definition) is 4. The first-order chi connectivity index (χ1) is 8.70. The summed E-state index contributed by atoms with van der Waals surface area (Å²) in [6.45, 7) is 1.11. The molecule has 0 amide bonds. The highest BCUT2D eigenvalue weighted by Gasteiger charge is 2.17. The number of nitrogens with zero attached hydrogens (tertiary/aromatic N) is 1. The number of rotatable bonds is 4. The second-order valence-corrected chi connectivity index (χ2v) is 4.07. The van der Waals surface area contributed by atoms with E-state index in [9.17, 15) is 4.39 Å². The number of halogens is 1. The molecule has 2 rings (SSSR count). The first-order valence-electron chi connectivity index (χ1n) is 5.72. The Hall–Kier alpha value is -1.82. The molecule has 1 heterocycles. The lowest BCUT2D eigenvalue weighted by Crippen LogP contribution is -2.20. The van der Waals surface area contributed by atoms with Gasteiger partial charge >= 0.3 is 0 Å². The minimum atomic E-state index is -0.471. The maximum atomic E-state index is 13.1. The molecule has 1 aromatic rings. The molecule has 1 aromatic carbocycles. The van der Waals surface area contributed by atoms with Gasteiger partial charge in [0.15, 0.2) is 5.84 Å². The Balaban J connectivity index is 2.10. The van der Waals surface area contributed by atoms with Crippen LogP contribution in [0.2, 0.25) is 0 Å². The predicted octanol–water partition coefficient (Wildman–Crippen LogP) is 1.48. The van der Waals surface area contributed by atoms with Crippen LogP contribution in [0.3, 0.4) is 0 Å². The number of hydrogen-bond donors (Lipinski definition) is 2. The smallest absolute Gasteiger partial charge is 0.173 e. The van der Waals surface area contributed by atoms with Gasteiger partial charge in [-0.05, 0) is 31.0 Å². The standard InChI is InChI=1S/C12H15FN2O3/c13-8-3-4-11(10(6-8)12(14)15-16)18-7-9-2-1-5-17-9/h3-4,6,9,16H,1-2,5,7H2,(H2,14,15). The van der Waals surface area contributed by atoms with Crippen LogP contribution in [0, 0.1) is 5.82 Å². The summed E-state index contributed by atoms with van der Waals surface area (Å²) in [5.41, 5.74) is 5.70. The van der Waals surface area contributed by atoms with Crippen LogP contribution in [0.15, 0.2) is 23.4 Å². The van der Waals surface area contributed by atoms with E-state index in [0.717, 1.165) is 19.4 Å². The first-order valence-corrected chi connectivity index (χ1v) is 5.72. The van der Waals surface area contributed by atoms with Gasteiger partial charge in [-0.3, -0.25) is 0 Å². The molecule has 1 aliphatic heterocycles. The molecule has 0 aliphatic carbocycles. The Bertz CT molecular complexity index is 445. The van der Waals surface area contributed by atoms with E-state index in [2.05, 4.69) is 5.16 Å². The molecule has 6 heteroatoms. The molecule has 1 saturated heterocycles. The fourth-order valence-electron chi connectivity index (χ4n) is 1.84. The number of nitrogens with two attached hydrogens (primary N) is 1. The summed E-state index contributed by atoms with van der Waals surface area (Å²) in [6, 6.07) is 3.89. The van der Waals surface area contributed by atoms with Crippen molar-refractivity contribution in [3.63, 3.8) is 0 Å².